The van der Waals surface area contributed by atoms with Gasteiger partial charge in [0.2, 0.25) is 0 Å². The van der Waals surface area contributed by atoms with Gasteiger partial charge >= 0.3 is 0 Å². The van der Waals surface area contributed by atoms with E-state index in [1.165, 1.54) is 0 Å². The van der Waals surface area contributed by atoms with E-state index in [9.17, 15) is 0 Å². The summed E-state index contributed by atoms with van der Waals surface area (Å²) in [7, 11) is 1.61. The minimum absolute atomic E-state index is 0.470. The quantitative estimate of drug-likeness (QED) is 0.739. The molecule has 0 aliphatic rings. The van der Waals surface area contributed by atoms with Crippen molar-refractivity contribution in [3.63, 3.8) is 0 Å². The summed E-state index contributed by atoms with van der Waals surface area (Å²) in [6, 6.07) is 7.51. The average Bonchev–Trinajstić information content (AvgIpc) is 2.17. The fourth-order valence-electron chi connectivity index (χ4n) is 1.30. The number of ether oxygens (including phenoxy) is 1. The maximum atomic E-state index is 5.81. The molecule has 0 aliphatic heterocycles. The van der Waals surface area contributed by atoms with E-state index in [2.05, 4.69) is 20.9 Å². The Balaban J connectivity index is 2.81. The molecule has 0 radical (unpaired) electrons. The van der Waals surface area contributed by atoms with Gasteiger partial charge in [-0.05, 0) is 24.3 Å². The fraction of sp³-hybridized carbons (Fsp3) is 0.100. The van der Waals surface area contributed by atoms with Crippen LogP contribution < -0.4 is 4.74 Å². The van der Waals surface area contributed by atoms with Crippen molar-refractivity contribution in [3.05, 3.63) is 33.9 Å². The lowest BCUT2D eigenvalue weighted by Crippen LogP contribution is -1.88. The van der Waals surface area contributed by atoms with E-state index in [-0.39, 0.29) is 0 Å². The zero-order chi connectivity index (χ0) is 10.1. The van der Waals surface area contributed by atoms with Gasteiger partial charge in [-0.25, -0.2) is 4.98 Å². The largest absolute Gasteiger partial charge is 0.494 e. The molecule has 0 N–H and O–H groups in total. The SMILES string of the molecule is COc1cc(Br)cc2ccc(Cl)nc12. The second-order valence-corrected chi connectivity index (χ2v) is 4.12. The smallest absolute Gasteiger partial charge is 0.146 e. The Morgan fingerprint density at radius 3 is 2.86 bits per heavy atom. The molecule has 72 valence electrons. The first-order valence-electron chi connectivity index (χ1n) is 4.00. The molecule has 14 heavy (non-hydrogen) atoms. The predicted molar refractivity (Wildman–Crippen MR) is 61.0 cm³/mol. The summed E-state index contributed by atoms with van der Waals surface area (Å²) >= 11 is 9.21. The van der Waals surface area contributed by atoms with Crippen LogP contribution >= 0.6 is 27.5 Å². The normalized spacial score (nSPS) is 10.5. The summed E-state index contributed by atoms with van der Waals surface area (Å²) in [5.74, 6) is 0.719. The summed E-state index contributed by atoms with van der Waals surface area (Å²) in [5.41, 5.74) is 0.781. The van der Waals surface area contributed by atoms with Gasteiger partial charge in [0, 0.05) is 9.86 Å². The summed E-state index contributed by atoms with van der Waals surface area (Å²) < 4.78 is 6.18. The van der Waals surface area contributed by atoms with Crippen LogP contribution in [-0.2, 0) is 0 Å². The molecule has 0 atom stereocenters. The molecule has 0 saturated carbocycles. The van der Waals surface area contributed by atoms with Crippen LogP contribution in [0.1, 0.15) is 0 Å². The number of halogens is 2. The standard InChI is InChI=1S/C10H7BrClNO/c1-14-8-5-7(11)4-6-2-3-9(12)13-10(6)8/h2-5H,1H3. The Bertz CT molecular complexity index is 487. The molecule has 2 rings (SSSR count). The van der Waals surface area contributed by atoms with E-state index >= 15 is 0 Å². The van der Waals surface area contributed by atoms with E-state index < -0.39 is 0 Å². The fourth-order valence-corrected chi connectivity index (χ4v) is 1.90. The molecule has 4 heteroatoms. The first-order chi connectivity index (χ1) is 6.70. The highest BCUT2D eigenvalue weighted by molar-refractivity contribution is 9.10. The van der Waals surface area contributed by atoms with Crippen LogP contribution in [0.5, 0.6) is 5.75 Å². The summed E-state index contributed by atoms with van der Waals surface area (Å²) in [5, 5.41) is 1.47. The van der Waals surface area contributed by atoms with Gasteiger partial charge in [-0.1, -0.05) is 27.5 Å². The molecule has 0 amide bonds. The number of methoxy groups -OCH3 is 1. The van der Waals surface area contributed by atoms with E-state index in [0.717, 1.165) is 21.1 Å². The molecule has 0 fully saturated rings. The number of rotatable bonds is 1. The molecule has 2 aromatic rings. The highest BCUT2D eigenvalue weighted by atomic mass is 79.9. The number of benzene rings is 1. The lowest BCUT2D eigenvalue weighted by atomic mass is 10.2. The van der Waals surface area contributed by atoms with Crippen LogP contribution in [-0.4, -0.2) is 12.1 Å². The number of hydrogen-bond acceptors (Lipinski definition) is 2. The van der Waals surface area contributed by atoms with Crippen molar-refractivity contribution in [2.75, 3.05) is 7.11 Å². The minimum atomic E-state index is 0.470. The van der Waals surface area contributed by atoms with Crippen LogP contribution in [0.2, 0.25) is 5.15 Å². The van der Waals surface area contributed by atoms with Gasteiger partial charge in [0.15, 0.2) is 0 Å². The number of fused-ring (bicyclic) bond motifs is 1. The second kappa shape index (κ2) is 3.75. The van der Waals surface area contributed by atoms with Gasteiger partial charge in [-0.2, -0.15) is 0 Å². The van der Waals surface area contributed by atoms with Gasteiger partial charge in [-0.15, -0.1) is 0 Å². The monoisotopic (exact) mass is 271 g/mol. The molecule has 0 aliphatic carbocycles. The average molecular weight is 273 g/mol. The lowest BCUT2D eigenvalue weighted by Gasteiger charge is -2.05. The van der Waals surface area contributed by atoms with Gasteiger partial charge in [0.25, 0.3) is 0 Å². The topological polar surface area (TPSA) is 22.1 Å². The Morgan fingerprint density at radius 1 is 1.36 bits per heavy atom. The molecular weight excluding hydrogens is 265 g/mol. The maximum Gasteiger partial charge on any atom is 0.146 e. The summed E-state index contributed by atoms with van der Waals surface area (Å²) in [6.07, 6.45) is 0. The minimum Gasteiger partial charge on any atom is -0.494 e. The zero-order valence-corrected chi connectivity index (χ0v) is 9.76. The molecule has 0 bridgehead atoms. The van der Waals surface area contributed by atoms with Crippen LogP contribution in [0.4, 0.5) is 0 Å². The maximum absolute atomic E-state index is 5.81. The third-order valence-corrected chi connectivity index (χ3v) is 2.58. The van der Waals surface area contributed by atoms with Crippen molar-refractivity contribution in [1.29, 1.82) is 0 Å². The molecule has 0 unspecified atom stereocenters. The first kappa shape index (κ1) is 9.74. The summed E-state index contributed by atoms with van der Waals surface area (Å²) in [4.78, 5) is 4.21. The Morgan fingerprint density at radius 2 is 2.14 bits per heavy atom. The number of pyridine rings is 1. The van der Waals surface area contributed by atoms with Gasteiger partial charge in [0.05, 0.1) is 7.11 Å². The van der Waals surface area contributed by atoms with Crippen molar-refractivity contribution in [2.24, 2.45) is 0 Å². The van der Waals surface area contributed by atoms with Crippen molar-refractivity contribution < 1.29 is 4.74 Å². The van der Waals surface area contributed by atoms with Gasteiger partial charge < -0.3 is 4.74 Å². The van der Waals surface area contributed by atoms with Crippen LogP contribution in [0.25, 0.3) is 10.9 Å². The molecule has 1 aromatic carbocycles. The molecule has 0 saturated heterocycles. The van der Waals surface area contributed by atoms with Crippen molar-refractivity contribution in [2.45, 2.75) is 0 Å². The van der Waals surface area contributed by atoms with Crippen molar-refractivity contribution >= 4 is 38.4 Å². The molecule has 1 aromatic heterocycles. The molecule has 0 spiro atoms. The highest BCUT2D eigenvalue weighted by Crippen LogP contribution is 2.29. The van der Waals surface area contributed by atoms with Crippen molar-refractivity contribution in [1.82, 2.24) is 4.98 Å². The Labute approximate surface area is 95.0 Å². The summed E-state index contributed by atoms with van der Waals surface area (Å²) in [6.45, 7) is 0. The van der Waals surface area contributed by atoms with E-state index in [4.69, 9.17) is 16.3 Å². The molecular formula is C10H7BrClNO. The van der Waals surface area contributed by atoms with E-state index in [0.29, 0.717) is 5.15 Å². The highest BCUT2D eigenvalue weighted by Gasteiger charge is 2.05. The van der Waals surface area contributed by atoms with Crippen molar-refractivity contribution in [3.8, 4) is 5.75 Å². The van der Waals surface area contributed by atoms with Crippen LogP contribution in [0.3, 0.4) is 0 Å². The first-order valence-corrected chi connectivity index (χ1v) is 5.17. The van der Waals surface area contributed by atoms with Crippen LogP contribution in [0, 0.1) is 0 Å². The predicted octanol–water partition coefficient (Wildman–Crippen LogP) is 3.66. The number of hydrogen-bond donors (Lipinski definition) is 0. The molecule has 1 heterocycles. The second-order valence-electron chi connectivity index (χ2n) is 2.81. The third-order valence-electron chi connectivity index (χ3n) is 1.91. The number of nitrogens with zero attached hydrogens (tertiary/aromatic N) is 1. The third kappa shape index (κ3) is 1.70. The van der Waals surface area contributed by atoms with E-state index in [1.807, 2.05) is 18.2 Å². The Kier molecular flexibility index (Phi) is 2.61. The van der Waals surface area contributed by atoms with E-state index in [1.54, 1.807) is 13.2 Å². The number of aromatic nitrogens is 1. The van der Waals surface area contributed by atoms with Crippen LogP contribution in [0.15, 0.2) is 28.7 Å². The van der Waals surface area contributed by atoms with Gasteiger partial charge in [0.1, 0.15) is 16.4 Å². The zero-order valence-electron chi connectivity index (χ0n) is 7.42. The Hall–Kier alpha value is -0.800. The van der Waals surface area contributed by atoms with Gasteiger partial charge in [-0.3, -0.25) is 0 Å². The molecule has 2 nitrogen and oxygen atoms in total. The lowest BCUT2D eigenvalue weighted by molar-refractivity contribution is 0.418.